The molecule has 1 aliphatic heterocycles. The number of hydrogen-bond donors (Lipinski definition) is 0. The predicted octanol–water partition coefficient (Wildman–Crippen LogP) is 3.26. The van der Waals surface area contributed by atoms with Gasteiger partial charge in [0.2, 0.25) is 5.78 Å². The van der Waals surface area contributed by atoms with Gasteiger partial charge in [0.1, 0.15) is 5.75 Å². The van der Waals surface area contributed by atoms with Crippen molar-refractivity contribution in [2.24, 2.45) is 0 Å². The predicted molar refractivity (Wildman–Crippen MR) is 64.3 cm³/mol. The van der Waals surface area contributed by atoms with Crippen LogP contribution in [0.2, 0.25) is 0 Å². The molecule has 1 atom stereocenters. The number of aryl methyl sites for hydroxylation is 1. The van der Waals surface area contributed by atoms with Gasteiger partial charge in [0.15, 0.2) is 6.10 Å². The van der Waals surface area contributed by atoms with E-state index in [4.69, 9.17) is 4.74 Å². The first kappa shape index (κ1) is 11.2. The Morgan fingerprint density at radius 3 is 2.44 bits per heavy atom. The Bertz CT molecular complexity index is 453. The molecule has 0 bridgehead atoms. The molecule has 2 heteroatoms. The van der Waals surface area contributed by atoms with Crippen LogP contribution in [-0.4, -0.2) is 11.9 Å². The van der Waals surface area contributed by atoms with Crippen LogP contribution in [-0.2, 0) is 5.41 Å². The molecule has 0 N–H and O–H groups in total. The first-order chi connectivity index (χ1) is 7.32. The van der Waals surface area contributed by atoms with Crippen molar-refractivity contribution in [3.63, 3.8) is 0 Å². The lowest BCUT2D eigenvalue weighted by Gasteiger charge is -2.22. The summed E-state index contributed by atoms with van der Waals surface area (Å²) in [5, 5.41) is 0. The van der Waals surface area contributed by atoms with Crippen LogP contribution in [0.3, 0.4) is 0 Å². The zero-order chi connectivity index (χ0) is 12.1. The minimum Gasteiger partial charge on any atom is -0.481 e. The van der Waals surface area contributed by atoms with Gasteiger partial charge in [-0.25, -0.2) is 0 Å². The number of hydrogen-bond acceptors (Lipinski definition) is 2. The van der Waals surface area contributed by atoms with Crippen molar-refractivity contribution in [3.8, 4) is 5.75 Å². The van der Waals surface area contributed by atoms with Gasteiger partial charge in [0, 0.05) is 5.56 Å². The van der Waals surface area contributed by atoms with Crippen LogP contribution in [0.15, 0.2) is 12.1 Å². The quantitative estimate of drug-likeness (QED) is 0.668. The van der Waals surface area contributed by atoms with Crippen molar-refractivity contribution >= 4 is 5.78 Å². The molecule has 1 aromatic rings. The summed E-state index contributed by atoms with van der Waals surface area (Å²) >= 11 is 0. The van der Waals surface area contributed by atoms with Gasteiger partial charge in [-0.1, -0.05) is 32.9 Å². The Morgan fingerprint density at radius 1 is 1.25 bits per heavy atom. The highest BCUT2D eigenvalue weighted by molar-refractivity contribution is 6.06. The summed E-state index contributed by atoms with van der Waals surface area (Å²) in [6.07, 6.45) is -0.336. The van der Waals surface area contributed by atoms with Gasteiger partial charge in [-0.2, -0.15) is 0 Å². The van der Waals surface area contributed by atoms with Crippen LogP contribution in [0, 0.1) is 6.92 Å². The number of ether oxygens (including phenoxy) is 1. The van der Waals surface area contributed by atoms with Crippen LogP contribution in [0.4, 0.5) is 0 Å². The molecule has 86 valence electrons. The van der Waals surface area contributed by atoms with Crippen LogP contribution < -0.4 is 4.74 Å². The van der Waals surface area contributed by atoms with E-state index in [2.05, 4.69) is 26.8 Å². The number of carbonyl (C=O) groups excluding carboxylic acids is 1. The Morgan fingerprint density at radius 2 is 1.88 bits per heavy atom. The normalized spacial score (nSPS) is 19.6. The molecule has 0 aromatic heterocycles. The molecular weight excluding hydrogens is 200 g/mol. The third-order valence-corrected chi connectivity index (χ3v) is 3.08. The molecule has 2 rings (SSSR count). The monoisotopic (exact) mass is 218 g/mol. The maximum absolute atomic E-state index is 12.0. The standard InChI is InChI=1S/C14H18O2/c1-8-6-7-10(14(3,4)5)13-11(8)12(15)9(2)16-13/h6-7,9H,1-5H3. The van der Waals surface area contributed by atoms with Gasteiger partial charge in [-0.3, -0.25) is 4.79 Å². The smallest absolute Gasteiger partial charge is 0.206 e. The lowest BCUT2D eigenvalue weighted by Crippen LogP contribution is -2.16. The Kier molecular flexibility index (Phi) is 2.33. The number of ketones is 1. The topological polar surface area (TPSA) is 26.3 Å². The lowest BCUT2D eigenvalue weighted by atomic mass is 9.84. The average molecular weight is 218 g/mol. The fraction of sp³-hybridized carbons (Fsp3) is 0.500. The molecule has 0 spiro atoms. The highest BCUT2D eigenvalue weighted by atomic mass is 16.5. The number of benzene rings is 1. The molecule has 0 radical (unpaired) electrons. The summed E-state index contributed by atoms with van der Waals surface area (Å²) in [5.74, 6) is 0.906. The molecule has 0 saturated heterocycles. The first-order valence-electron chi connectivity index (χ1n) is 5.67. The summed E-state index contributed by atoms with van der Waals surface area (Å²) in [4.78, 5) is 12.0. The maximum atomic E-state index is 12.0. The van der Waals surface area contributed by atoms with E-state index in [9.17, 15) is 4.79 Å². The molecular formula is C14H18O2. The molecule has 2 nitrogen and oxygen atoms in total. The molecule has 0 saturated carbocycles. The average Bonchev–Trinajstić information content (AvgIpc) is 2.42. The van der Waals surface area contributed by atoms with Gasteiger partial charge in [0.05, 0.1) is 5.56 Å². The first-order valence-corrected chi connectivity index (χ1v) is 5.67. The van der Waals surface area contributed by atoms with Crippen molar-refractivity contribution < 1.29 is 9.53 Å². The molecule has 1 aromatic carbocycles. The number of carbonyl (C=O) groups is 1. The van der Waals surface area contributed by atoms with Crippen LogP contribution in [0.25, 0.3) is 0 Å². The molecule has 1 heterocycles. The van der Waals surface area contributed by atoms with Crippen molar-refractivity contribution in [2.75, 3.05) is 0 Å². The van der Waals surface area contributed by atoms with E-state index < -0.39 is 0 Å². The SMILES string of the molecule is Cc1ccc(C(C)(C)C)c2c1C(=O)C(C)O2. The molecule has 1 aliphatic rings. The van der Waals surface area contributed by atoms with Gasteiger partial charge in [-0.05, 0) is 24.8 Å². The number of rotatable bonds is 0. The summed E-state index contributed by atoms with van der Waals surface area (Å²) in [6.45, 7) is 10.2. The Labute approximate surface area is 96.6 Å². The molecule has 0 amide bonds. The Hall–Kier alpha value is -1.31. The van der Waals surface area contributed by atoms with Gasteiger partial charge in [-0.15, -0.1) is 0 Å². The van der Waals surface area contributed by atoms with Crippen LogP contribution in [0.5, 0.6) is 5.75 Å². The van der Waals surface area contributed by atoms with E-state index in [0.29, 0.717) is 0 Å². The second-order valence-electron chi connectivity index (χ2n) is 5.51. The van der Waals surface area contributed by atoms with E-state index in [1.165, 1.54) is 0 Å². The van der Waals surface area contributed by atoms with E-state index in [1.54, 1.807) is 0 Å². The summed E-state index contributed by atoms with van der Waals surface area (Å²) in [7, 11) is 0. The van der Waals surface area contributed by atoms with Crippen LogP contribution in [0.1, 0.15) is 49.2 Å². The van der Waals surface area contributed by atoms with E-state index in [1.807, 2.05) is 19.9 Å². The van der Waals surface area contributed by atoms with Crippen molar-refractivity contribution in [1.29, 1.82) is 0 Å². The van der Waals surface area contributed by atoms with Crippen LogP contribution >= 0.6 is 0 Å². The van der Waals surface area contributed by atoms with Gasteiger partial charge < -0.3 is 4.74 Å². The highest BCUT2D eigenvalue weighted by Gasteiger charge is 2.34. The second kappa shape index (κ2) is 3.34. The van der Waals surface area contributed by atoms with E-state index in [0.717, 1.165) is 22.4 Å². The molecule has 16 heavy (non-hydrogen) atoms. The lowest BCUT2D eigenvalue weighted by molar-refractivity contribution is 0.0877. The van der Waals surface area contributed by atoms with Crippen molar-refractivity contribution in [3.05, 3.63) is 28.8 Å². The summed E-state index contributed by atoms with van der Waals surface area (Å²) < 4.78 is 5.71. The number of fused-ring (bicyclic) bond motifs is 1. The van der Waals surface area contributed by atoms with Gasteiger partial charge >= 0.3 is 0 Å². The van der Waals surface area contributed by atoms with E-state index in [-0.39, 0.29) is 17.3 Å². The highest BCUT2D eigenvalue weighted by Crippen LogP contribution is 2.40. The zero-order valence-electron chi connectivity index (χ0n) is 10.5. The number of Topliss-reactive ketones (excluding diaryl/α,β-unsaturated/α-hetero) is 1. The molecule has 1 unspecified atom stereocenters. The van der Waals surface area contributed by atoms with Gasteiger partial charge in [0.25, 0.3) is 0 Å². The Balaban J connectivity index is 2.68. The minimum absolute atomic E-state index is 0.00211. The third kappa shape index (κ3) is 1.53. The fourth-order valence-electron chi connectivity index (χ4n) is 2.13. The maximum Gasteiger partial charge on any atom is 0.206 e. The molecule has 0 fully saturated rings. The van der Waals surface area contributed by atoms with E-state index >= 15 is 0 Å². The second-order valence-corrected chi connectivity index (χ2v) is 5.51. The summed E-state index contributed by atoms with van der Waals surface area (Å²) in [6, 6.07) is 4.08. The fourth-order valence-corrected chi connectivity index (χ4v) is 2.13. The largest absolute Gasteiger partial charge is 0.481 e. The summed E-state index contributed by atoms with van der Waals surface area (Å²) in [5.41, 5.74) is 2.91. The third-order valence-electron chi connectivity index (χ3n) is 3.08. The molecule has 0 aliphatic carbocycles. The van der Waals surface area contributed by atoms with Crippen molar-refractivity contribution in [2.45, 2.75) is 46.1 Å². The minimum atomic E-state index is -0.336. The van der Waals surface area contributed by atoms with Crippen molar-refractivity contribution in [1.82, 2.24) is 0 Å². The zero-order valence-corrected chi connectivity index (χ0v) is 10.5.